The van der Waals surface area contributed by atoms with Crippen molar-refractivity contribution in [3.8, 4) is 0 Å². The lowest BCUT2D eigenvalue weighted by atomic mass is 10.1. The van der Waals surface area contributed by atoms with E-state index in [0.29, 0.717) is 22.7 Å². The van der Waals surface area contributed by atoms with Gasteiger partial charge in [0.2, 0.25) is 5.91 Å². The lowest BCUT2D eigenvalue weighted by Gasteiger charge is -2.22. The first-order valence-electron chi connectivity index (χ1n) is 7.41. The summed E-state index contributed by atoms with van der Waals surface area (Å²) in [5.41, 5.74) is 6.66. The Labute approximate surface area is 136 Å². The Morgan fingerprint density at radius 1 is 1.36 bits per heavy atom. The first kappa shape index (κ1) is 18.5. The third-order valence-corrected chi connectivity index (χ3v) is 3.83. The van der Waals surface area contributed by atoms with Crippen LogP contribution in [0, 0.1) is 0 Å². The van der Waals surface area contributed by atoms with Crippen LogP contribution in [0.4, 0.5) is 5.69 Å². The topological polar surface area (TPSA) is 75.4 Å². The van der Waals surface area contributed by atoms with Crippen LogP contribution in [0.25, 0.3) is 0 Å². The molecule has 0 aliphatic heterocycles. The van der Waals surface area contributed by atoms with Gasteiger partial charge < -0.3 is 16.0 Å². The number of anilines is 1. The lowest BCUT2D eigenvalue weighted by Crippen LogP contribution is -2.35. The largest absolute Gasteiger partial charge is 0.339 e. The number of nitrogens with zero attached hydrogens (tertiary/aromatic N) is 1. The van der Waals surface area contributed by atoms with E-state index in [1.165, 1.54) is 0 Å². The molecule has 3 N–H and O–H groups in total. The number of carbonyl (C=O) groups is 2. The molecule has 22 heavy (non-hydrogen) atoms. The molecule has 0 spiro atoms. The van der Waals surface area contributed by atoms with Gasteiger partial charge in [0.25, 0.3) is 5.91 Å². The summed E-state index contributed by atoms with van der Waals surface area (Å²) < 4.78 is 0. The molecule has 0 fully saturated rings. The number of nitrogens with two attached hydrogens (primary N) is 1. The fourth-order valence-corrected chi connectivity index (χ4v) is 2.02. The Morgan fingerprint density at radius 2 is 2.00 bits per heavy atom. The monoisotopic (exact) mass is 325 g/mol. The molecule has 0 saturated carbocycles. The van der Waals surface area contributed by atoms with Crippen LogP contribution < -0.4 is 11.1 Å². The molecule has 1 rings (SSSR count). The van der Waals surface area contributed by atoms with Crippen molar-refractivity contribution < 1.29 is 9.59 Å². The first-order chi connectivity index (χ1) is 10.3. The van der Waals surface area contributed by atoms with Crippen molar-refractivity contribution in [1.82, 2.24) is 4.90 Å². The molecule has 122 valence electrons. The van der Waals surface area contributed by atoms with Gasteiger partial charge in [-0.2, -0.15) is 0 Å². The van der Waals surface area contributed by atoms with Gasteiger partial charge in [-0.3, -0.25) is 9.59 Å². The second-order valence-electron chi connectivity index (χ2n) is 5.59. The van der Waals surface area contributed by atoms with Crippen LogP contribution in [0.2, 0.25) is 5.02 Å². The van der Waals surface area contributed by atoms with Gasteiger partial charge in [0.1, 0.15) is 0 Å². The molecule has 0 bridgehead atoms. The summed E-state index contributed by atoms with van der Waals surface area (Å²) in [7, 11) is 1.73. The Morgan fingerprint density at radius 3 is 2.55 bits per heavy atom. The van der Waals surface area contributed by atoms with Crippen LogP contribution in [0.1, 0.15) is 44.0 Å². The average Bonchev–Trinajstić information content (AvgIpc) is 2.47. The Balaban J connectivity index is 2.95. The van der Waals surface area contributed by atoms with Crippen LogP contribution >= 0.6 is 11.6 Å². The van der Waals surface area contributed by atoms with Crippen molar-refractivity contribution in [2.24, 2.45) is 5.73 Å². The first-order valence-corrected chi connectivity index (χ1v) is 7.78. The Kier molecular flexibility index (Phi) is 6.84. The quantitative estimate of drug-likeness (QED) is 0.844. The number of carbonyl (C=O) groups excluding carboxylic acids is 2. The number of benzene rings is 1. The third-order valence-electron chi connectivity index (χ3n) is 3.50. The second kappa shape index (κ2) is 8.15. The number of rotatable bonds is 6. The summed E-state index contributed by atoms with van der Waals surface area (Å²) in [5, 5.41) is 3.07. The minimum Gasteiger partial charge on any atom is -0.339 e. The lowest BCUT2D eigenvalue weighted by molar-refractivity contribution is -0.117. The van der Waals surface area contributed by atoms with Crippen LogP contribution in [0.15, 0.2) is 18.2 Å². The number of amides is 2. The highest BCUT2D eigenvalue weighted by Gasteiger charge is 2.18. The summed E-state index contributed by atoms with van der Waals surface area (Å²) in [6, 6.07) is 4.33. The van der Waals surface area contributed by atoms with E-state index in [4.69, 9.17) is 17.3 Å². The van der Waals surface area contributed by atoms with Gasteiger partial charge in [-0.1, -0.05) is 24.9 Å². The third kappa shape index (κ3) is 4.71. The van der Waals surface area contributed by atoms with Gasteiger partial charge in [0.05, 0.1) is 16.8 Å². The molecule has 0 saturated heterocycles. The molecule has 1 aromatic rings. The minimum absolute atomic E-state index is 0.0826. The molecule has 0 heterocycles. The van der Waals surface area contributed by atoms with Gasteiger partial charge in [-0.25, -0.2) is 0 Å². The predicted molar refractivity (Wildman–Crippen MR) is 90.2 cm³/mol. The maximum atomic E-state index is 12.3. The van der Waals surface area contributed by atoms with Crippen LogP contribution in [-0.2, 0) is 4.79 Å². The summed E-state index contributed by atoms with van der Waals surface area (Å²) in [4.78, 5) is 25.9. The molecule has 6 heteroatoms. The molecular weight excluding hydrogens is 302 g/mol. The minimum atomic E-state index is -0.584. The van der Waals surface area contributed by atoms with Crippen molar-refractivity contribution in [1.29, 1.82) is 0 Å². The molecule has 0 aliphatic rings. The Bertz CT molecular complexity index is 546. The summed E-state index contributed by atoms with van der Waals surface area (Å²) in [6.07, 6.45) is 1.41. The van der Waals surface area contributed by atoms with E-state index < -0.39 is 6.04 Å². The SMILES string of the molecule is CCCC(N)C(=O)Nc1cc(C(=O)N(C)C(C)C)ccc1Cl. The molecule has 1 atom stereocenters. The molecule has 0 aromatic heterocycles. The predicted octanol–water partition coefficient (Wildman–Crippen LogP) is 2.89. The zero-order valence-corrected chi connectivity index (χ0v) is 14.3. The summed E-state index contributed by atoms with van der Waals surface area (Å²) in [5.74, 6) is -0.425. The highest BCUT2D eigenvalue weighted by atomic mass is 35.5. The maximum Gasteiger partial charge on any atom is 0.253 e. The van der Waals surface area contributed by atoms with Crippen molar-refractivity contribution in [2.45, 2.75) is 45.7 Å². The van der Waals surface area contributed by atoms with E-state index >= 15 is 0 Å². The van der Waals surface area contributed by atoms with E-state index in [1.807, 2.05) is 20.8 Å². The molecule has 0 aliphatic carbocycles. The van der Waals surface area contributed by atoms with E-state index in [-0.39, 0.29) is 17.9 Å². The van der Waals surface area contributed by atoms with Crippen molar-refractivity contribution in [2.75, 3.05) is 12.4 Å². The zero-order valence-electron chi connectivity index (χ0n) is 13.5. The fourth-order valence-electron chi connectivity index (χ4n) is 1.86. The van der Waals surface area contributed by atoms with Gasteiger partial charge in [0.15, 0.2) is 0 Å². The van der Waals surface area contributed by atoms with Gasteiger partial charge >= 0.3 is 0 Å². The normalized spacial score (nSPS) is 12.1. The molecular formula is C16H24ClN3O2. The molecule has 1 aromatic carbocycles. The van der Waals surface area contributed by atoms with Crippen molar-refractivity contribution in [3.63, 3.8) is 0 Å². The molecule has 5 nitrogen and oxygen atoms in total. The smallest absolute Gasteiger partial charge is 0.253 e. The van der Waals surface area contributed by atoms with Crippen LogP contribution in [-0.4, -0.2) is 35.8 Å². The Hall–Kier alpha value is -1.59. The second-order valence-corrected chi connectivity index (χ2v) is 6.00. The summed E-state index contributed by atoms with van der Waals surface area (Å²) >= 11 is 6.09. The van der Waals surface area contributed by atoms with Crippen molar-refractivity contribution >= 4 is 29.1 Å². The highest BCUT2D eigenvalue weighted by molar-refractivity contribution is 6.34. The van der Waals surface area contributed by atoms with E-state index in [0.717, 1.165) is 6.42 Å². The molecule has 2 amide bonds. The van der Waals surface area contributed by atoms with E-state index in [9.17, 15) is 9.59 Å². The number of halogens is 1. The van der Waals surface area contributed by atoms with Gasteiger partial charge in [-0.05, 0) is 38.5 Å². The van der Waals surface area contributed by atoms with E-state index in [1.54, 1.807) is 30.1 Å². The molecule has 0 radical (unpaired) electrons. The maximum absolute atomic E-state index is 12.3. The number of hydrogen-bond donors (Lipinski definition) is 2. The van der Waals surface area contributed by atoms with Crippen molar-refractivity contribution in [3.05, 3.63) is 28.8 Å². The van der Waals surface area contributed by atoms with Gasteiger partial charge in [-0.15, -0.1) is 0 Å². The number of hydrogen-bond acceptors (Lipinski definition) is 3. The standard InChI is InChI=1S/C16H24ClN3O2/c1-5-6-13(18)15(21)19-14-9-11(7-8-12(14)17)16(22)20(4)10(2)3/h7-10,13H,5-6,18H2,1-4H3,(H,19,21). The zero-order chi connectivity index (χ0) is 16.9. The molecule has 1 unspecified atom stereocenters. The van der Waals surface area contributed by atoms with Gasteiger partial charge in [0, 0.05) is 18.7 Å². The number of nitrogens with one attached hydrogen (secondary N) is 1. The fraction of sp³-hybridized carbons (Fsp3) is 0.500. The average molecular weight is 326 g/mol. The summed E-state index contributed by atoms with van der Waals surface area (Å²) in [6.45, 7) is 5.82. The highest BCUT2D eigenvalue weighted by Crippen LogP contribution is 2.24. The van der Waals surface area contributed by atoms with Crippen LogP contribution in [0.5, 0.6) is 0 Å². The van der Waals surface area contributed by atoms with E-state index in [2.05, 4.69) is 5.32 Å². The van der Waals surface area contributed by atoms with Crippen LogP contribution in [0.3, 0.4) is 0 Å².